The number of anilines is 2. The highest BCUT2D eigenvalue weighted by Crippen LogP contribution is 2.21. The SMILES string of the molecule is C=C(C)CNc1cc(C)ccc1C.Cc1ccc(C)c(NC(=O)C(F)(F)F)c1. The first-order valence-corrected chi connectivity index (χ1v) is 8.81. The Labute approximate surface area is 164 Å². The van der Waals surface area contributed by atoms with Gasteiger partial charge in [-0.2, -0.15) is 13.2 Å². The van der Waals surface area contributed by atoms with E-state index in [0.717, 1.165) is 17.7 Å². The van der Waals surface area contributed by atoms with Gasteiger partial charge in [-0.15, -0.1) is 0 Å². The summed E-state index contributed by atoms with van der Waals surface area (Å²) in [6, 6.07) is 11.3. The second kappa shape index (κ2) is 9.97. The molecule has 0 unspecified atom stereocenters. The molecule has 152 valence electrons. The lowest BCUT2D eigenvalue weighted by molar-refractivity contribution is -0.167. The summed E-state index contributed by atoms with van der Waals surface area (Å²) in [6.45, 7) is 14.3. The molecule has 0 aromatic heterocycles. The average Bonchev–Trinajstić information content (AvgIpc) is 2.58. The van der Waals surface area contributed by atoms with Gasteiger partial charge in [0.15, 0.2) is 0 Å². The van der Waals surface area contributed by atoms with Crippen molar-refractivity contribution in [3.05, 3.63) is 70.8 Å². The summed E-state index contributed by atoms with van der Waals surface area (Å²) in [4.78, 5) is 10.7. The third-order valence-corrected chi connectivity index (χ3v) is 3.87. The number of benzene rings is 2. The first kappa shape index (κ1) is 23.3. The van der Waals surface area contributed by atoms with Crippen LogP contribution < -0.4 is 10.6 Å². The van der Waals surface area contributed by atoms with Crippen LogP contribution in [-0.4, -0.2) is 18.6 Å². The first-order valence-electron chi connectivity index (χ1n) is 8.81. The number of hydrogen-bond acceptors (Lipinski definition) is 2. The monoisotopic (exact) mass is 392 g/mol. The normalized spacial score (nSPS) is 10.6. The zero-order valence-corrected chi connectivity index (χ0v) is 16.9. The molecule has 0 fully saturated rings. The van der Waals surface area contributed by atoms with Crippen LogP contribution >= 0.6 is 0 Å². The second-order valence-electron chi connectivity index (χ2n) is 6.90. The maximum atomic E-state index is 12.0. The molecule has 0 aliphatic rings. The molecule has 3 nitrogen and oxygen atoms in total. The van der Waals surface area contributed by atoms with Gasteiger partial charge in [0.1, 0.15) is 0 Å². The Morgan fingerprint density at radius 1 is 0.929 bits per heavy atom. The number of rotatable bonds is 4. The van der Waals surface area contributed by atoms with Gasteiger partial charge in [-0.25, -0.2) is 0 Å². The topological polar surface area (TPSA) is 41.1 Å². The summed E-state index contributed by atoms with van der Waals surface area (Å²) in [5.74, 6) is -1.95. The number of hydrogen-bond donors (Lipinski definition) is 2. The predicted octanol–water partition coefficient (Wildman–Crippen LogP) is 6.10. The molecular formula is C22H27F3N2O. The predicted molar refractivity (Wildman–Crippen MR) is 110 cm³/mol. The highest BCUT2D eigenvalue weighted by Gasteiger charge is 2.38. The molecule has 0 aliphatic heterocycles. The van der Waals surface area contributed by atoms with Crippen molar-refractivity contribution < 1.29 is 18.0 Å². The summed E-state index contributed by atoms with van der Waals surface area (Å²) in [5, 5.41) is 5.18. The van der Waals surface area contributed by atoms with Crippen LogP contribution in [0.2, 0.25) is 0 Å². The molecule has 0 bridgehead atoms. The van der Waals surface area contributed by atoms with Crippen molar-refractivity contribution in [3.63, 3.8) is 0 Å². The smallest absolute Gasteiger partial charge is 0.381 e. The lowest BCUT2D eigenvalue weighted by atomic mass is 10.1. The molecule has 2 aromatic carbocycles. The van der Waals surface area contributed by atoms with Crippen LogP contribution in [0, 0.1) is 27.7 Å². The lowest BCUT2D eigenvalue weighted by Gasteiger charge is -2.10. The van der Waals surface area contributed by atoms with E-state index >= 15 is 0 Å². The fourth-order valence-corrected chi connectivity index (χ4v) is 2.24. The Hall–Kier alpha value is -2.76. The number of halogens is 3. The minimum absolute atomic E-state index is 0.192. The minimum atomic E-state index is -4.85. The van der Waals surface area contributed by atoms with E-state index in [2.05, 4.69) is 43.9 Å². The van der Waals surface area contributed by atoms with Crippen LogP contribution in [-0.2, 0) is 4.79 Å². The standard InChI is InChI=1S/C12H17N.C10H10F3NO/c1-9(2)8-13-12-7-10(3)5-6-11(12)4;1-6-3-4-7(2)8(5-6)14-9(15)10(11,12)13/h5-7,13H,1,8H2,2-4H3;3-5H,1-2H3,(H,14,15). The number of amides is 1. The van der Waals surface area contributed by atoms with Crippen molar-refractivity contribution in [1.82, 2.24) is 0 Å². The number of carbonyl (C=O) groups excluding carboxylic acids is 1. The van der Waals surface area contributed by atoms with Crippen LogP contribution in [0.4, 0.5) is 24.5 Å². The molecule has 0 saturated carbocycles. The molecule has 2 rings (SSSR count). The number of alkyl halides is 3. The minimum Gasteiger partial charge on any atom is -0.381 e. The molecular weight excluding hydrogens is 365 g/mol. The molecule has 6 heteroatoms. The summed E-state index contributed by atoms with van der Waals surface area (Å²) in [6.07, 6.45) is -4.85. The van der Waals surface area contributed by atoms with Crippen molar-refractivity contribution in [3.8, 4) is 0 Å². The van der Waals surface area contributed by atoms with Crippen molar-refractivity contribution in [2.75, 3.05) is 17.2 Å². The van der Waals surface area contributed by atoms with Crippen molar-refractivity contribution in [2.45, 2.75) is 40.8 Å². The average molecular weight is 392 g/mol. The quantitative estimate of drug-likeness (QED) is 0.618. The van der Waals surface area contributed by atoms with E-state index in [-0.39, 0.29) is 5.69 Å². The molecule has 0 spiro atoms. The summed E-state index contributed by atoms with van der Waals surface area (Å²) in [7, 11) is 0. The van der Waals surface area contributed by atoms with E-state index in [1.165, 1.54) is 22.9 Å². The number of aryl methyl sites for hydroxylation is 4. The van der Waals surface area contributed by atoms with Gasteiger partial charge < -0.3 is 10.6 Å². The first-order chi connectivity index (χ1) is 12.9. The van der Waals surface area contributed by atoms with E-state index in [9.17, 15) is 18.0 Å². The Morgan fingerprint density at radius 3 is 1.86 bits per heavy atom. The molecule has 0 saturated heterocycles. The summed E-state index contributed by atoms with van der Waals surface area (Å²) < 4.78 is 35.9. The molecule has 0 aliphatic carbocycles. The van der Waals surface area contributed by atoms with E-state index in [1.54, 1.807) is 26.0 Å². The second-order valence-corrected chi connectivity index (χ2v) is 6.90. The fraction of sp³-hybridized carbons (Fsp3) is 0.318. The number of nitrogens with one attached hydrogen (secondary N) is 2. The highest BCUT2D eigenvalue weighted by atomic mass is 19.4. The van der Waals surface area contributed by atoms with E-state index < -0.39 is 12.1 Å². The molecule has 28 heavy (non-hydrogen) atoms. The van der Waals surface area contributed by atoms with Crippen molar-refractivity contribution in [2.24, 2.45) is 0 Å². The molecule has 2 N–H and O–H groups in total. The maximum absolute atomic E-state index is 12.0. The molecule has 1 amide bonds. The van der Waals surface area contributed by atoms with Gasteiger partial charge in [-0.1, -0.05) is 36.4 Å². The zero-order chi connectivity index (χ0) is 21.5. The van der Waals surface area contributed by atoms with Crippen molar-refractivity contribution >= 4 is 17.3 Å². The van der Waals surface area contributed by atoms with Gasteiger partial charge in [-0.3, -0.25) is 4.79 Å². The molecule has 0 atom stereocenters. The Bertz CT molecular complexity index is 842. The number of carbonyl (C=O) groups is 1. The highest BCUT2D eigenvalue weighted by molar-refractivity contribution is 5.95. The molecule has 2 aromatic rings. The Morgan fingerprint density at radius 2 is 1.39 bits per heavy atom. The van der Waals surface area contributed by atoms with Crippen LogP contribution in [0.1, 0.15) is 29.2 Å². The van der Waals surface area contributed by atoms with Gasteiger partial charge in [0.2, 0.25) is 0 Å². The van der Waals surface area contributed by atoms with Gasteiger partial charge in [0.05, 0.1) is 0 Å². The fourth-order valence-electron chi connectivity index (χ4n) is 2.24. The Balaban J connectivity index is 0.000000283. The van der Waals surface area contributed by atoms with Crippen LogP contribution in [0.5, 0.6) is 0 Å². The summed E-state index contributed by atoms with van der Waals surface area (Å²) >= 11 is 0. The van der Waals surface area contributed by atoms with E-state index in [0.29, 0.717) is 5.56 Å². The molecule has 0 radical (unpaired) electrons. The maximum Gasteiger partial charge on any atom is 0.471 e. The van der Waals surface area contributed by atoms with E-state index in [4.69, 9.17) is 0 Å². The van der Waals surface area contributed by atoms with Crippen LogP contribution in [0.15, 0.2) is 48.6 Å². The van der Waals surface area contributed by atoms with Crippen LogP contribution in [0.25, 0.3) is 0 Å². The van der Waals surface area contributed by atoms with Gasteiger partial charge >= 0.3 is 12.1 Å². The third kappa shape index (κ3) is 7.86. The van der Waals surface area contributed by atoms with Gasteiger partial charge in [0.25, 0.3) is 0 Å². The lowest BCUT2D eigenvalue weighted by Crippen LogP contribution is -2.30. The van der Waals surface area contributed by atoms with Gasteiger partial charge in [0, 0.05) is 17.9 Å². The van der Waals surface area contributed by atoms with Crippen LogP contribution in [0.3, 0.4) is 0 Å². The van der Waals surface area contributed by atoms with Crippen molar-refractivity contribution in [1.29, 1.82) is 0 Å². The Kier molecular flexibility index (Phi) is 8.29. The third-order valence-electron chi connectivity index (χ3n) is 3.87. The summed E-state index contributed by atoms with van der Waals surface area (Å²) in [5.41, 5.74) is 6.51. The zero-order valence-electron chi connectivity index (χ0n) is 16.9. The van der Waals surface area contributed by atoms with E-state index in [1.807, 2.05) is 12.2 Å². The molecule has 0 heterocycles. The van der Waals surface area contributed by atoms with Gasteiger partial charge in [-0.05, 0) is 69.0 Å². The largest absolute Gasteiger partial charge is 0.471 e.